The molecule has 0 N–H and O–H groups in total. The van der Waals surface area contributed by atoms with E-state index in [2.05, 4.69) is 6.92 Å². The van der Waals surface area contributed by atoms with E-state index in [0.717, 1.165) is 48.8 Å². The maximum absolute atomic E-state index is 12.7. The molecule has 2 aromatic rings. The van der Waals surface area contributed by atoms with E-state index >= 15 is 0 Å². The van der Waals surface area contributed by atoms with Gasteiger partial charge in [-0.25, -0.2) is 0 Å². The fraction of sp³-hybridized carbons (Fsp3) is 0.292. The highest BCUT2D eigenvalue weighted by Crippen LogP contribution is 2.33. The quantitative estimate of drug-likeness (QED) is 0.667. The van der Waals surface area contributed by atoms with Crippen LogP contribution in [-0.2, 0) is 11.3 Å². The van der Waals surface area contributed by atoms with Gasteiger partial charge in [0.2, 0.25) is 0 Å². The lowest BCUT2D eigenvalue weighted by Gasteiger charge is -2.30. The van der Waals surface area contributed by atoms with Crippen LogP contribution in [0.5, 0.6) is 0 Å². The predicted octanol–water partition coefficient (Wildman–Crippen LogP) is 4.80. The third kappa shape index (κ3) is 4.49. The van der Waals surface area contributed by atoms with Gasteiger partial charge in [0.15, 0.2) is 0 Å². The summed E-state index contributed by atoms with van der Waals surface area (Å²) >= 11 is 0.953. The molecule has 0 spiro atoms. The molecule has 2 aromatic carbocycles. The van der Waals surface area contributed by atoms with Gasteiger partial charge in [0, 0.05) is 18.7 Å². The van der Waals surface area contributed by atoms with E-state index in [1.807, 2.05) is 47.4 Å². The average Bonchev–Trinajstić information content (AvgIpc) is 3.02. The van der Waals surface area contributed by atoms with Crippen molar-refractivity contribution in [3.8, 4) is 0 Å². The molecule has 6 heteroatoms. The Hall–Kier alpha value is -2.86. The second kappa shape index (κ2) is 8.88. The Morgan fingerprint density at radius 2 is 1.70 bits per heavy atom. The number of hydrogen-bond acceptors (Lipinski definition) is 4. The third-order valence-electron chi connectivity index (χ3n) is 5.58. The molecule has 2 fully saturated rings. The van der Waals surface area contributed by atoms with Gasteiger partial charge in [-0.2, -0.15) is 0 Å². The molecule has 0 unspecified atom stereocenters. The molecule has 4 rings (SSSR count). The molecule has 2 saturated heterocycles. The summed E-state index contributed by atoms with van der Waals surface area (Å²) in [6, 6.07) is 16.7. The predicted molar refractivity (Wildman–Crippen MR) is 119 cm³/mol. The highest BCUT2D eigenvalue weighted by Gasteiger charge is 2.35. The Bertz CT molecular complexity index is 977. The highest BCUT2D eigenvalue weighted by molar-refractivity contribution is 8.18. The van der Waals surface area contributed by atoms with Crippen LogP contribution in [0.1, 0.15) is 41.3 Å². The van der Waals surface area contributed by atoms with Crippen molar-refractivity contribution in [3.63, 3.8) is 0 Å². The molecule has 154 valence electrons. The molecule has 0 bridgehead atoms. The van der Waals surface area contributed by atoms with Crippen LogP contribution in [0.15, 0.2) is 59.5 Å². The molecule has 0 saturated carbocycles. The van der Waals surface area contributed by atoms with Gasteiger partial charge in [-0.3, -0.25) is 19.3 Å². The number of nitrogens with zero attached hydrogens (tertiary/aromatic N) is 2. The second-order valence-corrected chi connectivity index (χ2v) is 8.84. The average molecular weight is 421 g/mol. The van der Waals surface area contributed by atoms with E-state index in [4.69, 9.17) is 0 Å². The fourth-order valence-corrected chi connectivity index (χ4v) is 4.51. The number of carbonyl (C=O) groups is 3. The summed E-state index contributed by atoms with van der Waals surface area (Å²) in [5.74, 6) is 0.446. The molecular formula is C24H24N2O3S. The van der Waals surface area contributed by atoms with E-state index in [0.29, 0.717) is 16.4 Å². The SMILES string of the molecule is CC1CCN(C(=O)c2ccc(/C=C3\SC(=O)N(Cc4ccccc4)C3=O)cc2)CC1. The van der Waals surface area contributed by atoms with Crippen LogP contribution in [0.25, 0.3) is 6.08 Å². The maximum atomic E-state index is 12.7. The van der Waals surface area contributed by atoms with E-state index in [-0.39, 0.29) is 23.6 Å². The van der Waals surface area contributed by atoms with Crippen LogP contribution in [-0.4, -0.2) is 39.9 Å². The number of hydrogen-bond donors (Lipinski definition) is 0. The molecule has 0 atom stereocenters. The van der Waals surface area contributed by atoms with E-state index in [1.54, 1.807) is 18.2 Å². The lowest BCUT2D eigenvalue weighted by atomic mass is 9.98. The van der Waals surface area contributed by atoms with Gasteiger partial charge in [-0.05, 0) is 59.9 Å². The van der Waals surface area contributed by atoms with Gasteiger partial charge >= 0.3 is 0 Å². The normalized spacial score (nSPS) is 19.0. The summed E-state index contributed by atoms with van der Waals surface area (Å²) in [7, 11) is 0. The van der Waals surface area contributed by atoms with Gasteiger partial charge in [-0.1, -0.05) is 49.4 Å². The van der Waals surface area contributed by atoms with Crippen LogP contribution < -0.4 is 0 Å². The summed E-state index contributed by atoms with van der Waals surface area (Å²) in [5.41, 5.74) is 2.36. The van der Waals surface area contributed by atoms with Crippen molar-refractivity contribution in [2.45, 2.75) is 26.3 Å². The van der Waals surface area contributed by atoms with E-state index in [1.165, 1.54) is 4.90 Å². The zero-order chi connectivity index (χ0) is 21.1. The van der Waals surface area contributed by atoms with Gasteiger partial charge < -0.3 is 4.90 Å². The molecule has 0 radical (unpaired) electrons. The van der Waals surface area contributed by atoms with Gasteiger partial charge in [0.25, 0.3) is 17.1 Å². The van der Waals surface area contributed by atoms with Crippen LogP contribution >= 0.6 is 11.8 Å². The minimum atomic E-state index is -0.281. The van der Waals surface area contributed by atoms with Crippen LogP contribution in [0.3, 0.4) is 0 Å². The Kier molecular flexibility index (Phi) is 6.04. The zero-order valence-electron chi connectivity index (χ0n) is 16.9. The molecule has 0 aromatic heterocycles. The molecule has 2 aliphatic rings. The first kappa shape index (κ1) is 20.4. The highest BCUT2D eigenvalue weighted by atomic mass is 32.2. The minimum absolute atomic E-state index is 0.0524. The summed E-state index contributed by atoms with van der Waals surface area (Å²) in [5, 5.41) is -0.263. The monoisotopic (exact) mass is 420 g/mol. The Morgan fingerprint density at radius 1 is 1.03 bits per heavy atom. The molecule has 2 heterocycles. The van der Waals surface area contributed by atoms with E-state index in [9.17, 15) is 14.4 Å². The Balaban J connectivity index is 1.44. The lowest BCUT2D eigenvalue weighted by Crippen LogP contribution is -2.37. The van der Waals surface area contributed by atoms with Gasteiger partial charge in [0.1, 0.15) is 0 Å². The first-order chi connectivity index (χ1) is 14.5. The molecule has 3 amide bonds. The number of amides is 3. The van der Waals surface area contributed by atoms with Crippen molar-refractivity contribution in [1.29, 1.82) is 0 Å². The van der Waals surface area contributed by atoms with Crippen molar-refractivity contribution in [2.75, 3.05) is 13.1 Å². The van der Waals surface area contributed by atoms with Crippen molar-refractivity contribution >= 4 is 34.9 Å². The van der Waals surface area contributed by atoms with Crippen LogP contribution in [0.4, 0.5) is 4.79 Å². The maximum Gasteiger partial charge on any atom is 0.293 e. The fourth-order valence-electron chi connectivity index (χ4n) is 3.67. The summed E-state index contributed by atoms with van der Waals surface area (Å²) in [4.78, 5) is 41.2. The van der Waals surface area contributed by atoms with Gasteiger partial charge in [0.05, 0.1) is 11.4 Å². The second-order valence-electron chi connectivity index (χ2n) is 7.85. The molecule has 0 aliphatic carbocycles. The third-order valence-corrected chi connectivity index (χ3v) is 6.49. The smallest absolute Gasteiger partial charge is 0.293 e. The van der Waals surface area contributed by atoms with Crippen molar-refractivity contribution in [3.05, 3.63) is 76.2 Å². The number of benzene rings is 2. The molecule has 5 nitrogen and oxygen atoms in total. The first-order valence-electron chi connectivity index (χ1n) is 10.2. The molecule has 30 heavy (non-hydrogen) atoms. The zero-order valence-corrected chi connectivity index (χ0v) is 17.7. The number of piperidine rings is 1. The minimum Gasteiger partial charge on any atom is -0.339 e. The lowest BCUT2D eigenvalue weighted by molar-refractivity contribution is -0.123. The van der Waals surface area contributed by atoms with Crippen LogP contribution in [0, 0.1) is 5.92 Å². The van der Waals surface area contributed by atoms with Gasteiger partial charge in [-0.15, -0.1) is 0 Å². The largest absolute Gasteiger partial charge is 0.339 e. The summed E-state index contributed by atoms with van der Waals surface area (Å²) in [6.45, 7) is 4.09. The molecular weight excluding hydrogens is 396 g/mol. The number of likely N-dealkylation sites (tertiary alicyclic amines) is 1. The summed E-state index contributed by atoms with van der Waals surface area (Å²) in [6.07, 6.45) is 3.80. The van der Waals surface area contributed by atoms with Crippen molar-refractivity contribution in [1.82, 2.24) is 9.80 Å². The standard InChI is InChI=1S/C24H24N2O3S/c1-17-11-13-25(14-12-17)22(27)20-9-7-18(8-10-20)15-21-23(28)26(24(29)30-21)16-19-5-3-2-4-6-19/h2-10,15,17H,11-14,16H2,1H3/b21-15-. The number of imide groups is 1. The summed E-state index contributed by atoms with van der Waals surface area (Å²) < 4.78 is 0. The molecule has 2 aliphatic heterocycles. The topological polar surface area (TPSA) is 57.7 Å². The Morgan fingerprint density at radius 3 is 2.37 bits per heavy atom. The number of thioether (sulfide) groups is 1. The van der Waals surface area contributed by atoms with Crippen molar-refractivity contribution in [2.24, 2.45) is 5.92 Å². The number of carbonyl (C=O) groups excluding carboxylic acids is 3. The van der Waals surface area contributed by atoms with Crippen molar-refractivity contribution < 1.29 is 14.4 Å². The number of rotatable bonds is 4. The van der Waals surface area contributed by atoms with E-state index < -0.39 is 0 Å². The Labute approximate surface area is 180 Å². The first-order valence-corrected chi connectivity index (χ1v) is 11.0. The van der Waals surface area contributed by atoms with Crippen LogP contribution in [0.2, 0.25) is 0 Å².